The number of aromatic nitrogens is 1. The minimum absolute atomic E-state index is 0.0134. The number of urea groups is 1. The number of sulfonamides is 1. The molecule has 0 atom stereocenters. The molecule has 0 radical (unpaired) electrons. The lowest BCUT2D eigenvalue weighted by Gasteiger charge is -2.53. The Labute approximate surface area is 205 Å². The van der Waals surface area contributed by atoms with Gasteiger partial charge in [-0.3, -0.25) is 4.98 Å². The Kier molecular flexibility index (Phi) is 6.31. The maximum absolute atomic E-state index is 13.4. The van der Waals surface area contributed by atoms with Crippen LogP contribution in [0.25, 0.3) is 0 Å². The van der Waals surface area contributed by atoms with E-state index in [1.54, 1.807) is 4.90 Å². The summed E-state index contributed by atoms with van der Waals surface area (Å²) in [5.74, 6) is -0.410. The van der Waals surface area contributed by atoms with Crippen molar-refractivity contribution in [3.05, 3.63) is 59.2 Å². The summed E-state index contributed by atoms with van der Waals surface area (Å²) in [5.41, 5.74) is 3.11. The molecule has 2 heterocycles. The van der Waals surface area contributed by atoms with Gasteiger partial charge < -0.3 is 15.0 Å². The maximum Gasteiger partial charge on any atom is 0.322 e. The Balaban J connectivity index is 1.19. The van der Waals surface area contributed by atoms with Gasteiger partial charge in [-0.05, 0) is 73.3 Å². The van der Waals surface area contributed by atoms with Gasteiger partial charge in [0.15, 0.2) is 0 Å². The average molecular weight is 503 g/mol. The minimum Gasteiger partial charge on any atom is -0.384 e. The first-order valence-electron chi connectivity index (χ1n) is 12.0. The summed E-state index contributed by atoms with van der Waals surface area (Å²) in [6.45, 7) is 0.891. The van der Waals surface area contributed by atoms with E-state index in [2.05, 4.69) is 27.2 Å². The number of hydrogen-bond acceptors (Lipinski definition) is 5. The fourth-order valence-electron chi connectivity index (χ4n) is 5.83. The molecule has 3 aliphatic carbocycles. The topological polar surface area (TPSA) is 101 Å². The van der Waals surface area contributed by atoms with E-state index in [1.165, 1.54) is 24.9 Å². The molecule has 10 heteroatoms. The third-order valence-electron chi connectivity index (χ3n) is 7.94. The second-order valence-corrected chi connectivity index (χ2v) is 11.9. The van der Waals surface area contributed by atoms with Crippen molar-refractivity contribution in [2.24, 2.45) is 0 Å². The number of ether oxygens (including phenoxy) is 1. The number of halogens is 1. The Morgan fingerprint density at radius 1 is 1.11 bits per heavy atom. The third kappa shape index (κ3) is 4.92. The van der Waals surface area contributed by atoms with Crippen molar-refractivity contribution in [2.75, 3.05) is 24.8 Å². The van der Waals surface area contributed by atoms with Gasteiger partial charge in [-0.2, -0.15) is 0 Å². The first-order valence-corrected chi connectivity index (χ1v) is 13.7. The normalized spacial score (nSPS) is 25.5. The molecule has 4 aliphatic rings. The molecule has 6 rings (SSSR count). The predicted molar refractivity (Wildman–Crippen MR) is 130 cm³/mol. The summed E-state index contributed by atoms with van der Waals surface area (Å²) in [6, 6.07) is 9.19. The second-order valence-electron chi connectivity index (χ2n) is 10.1. The number of anilines is 1. The molecule has 1 aromatic carbocycles. The Hall–Kier alpha value is -2.56. The van der Waals surface area contributed by atoms with Gasteiger partial charge in [-0.1, -0.05) is 12.1 Å². The monoisotopic (exact) mass is 502 g/mol. The van der Waals surface area contributed by atoms with Crippen LogP contribution in [0.2, 0.25) is 0 Å². The smallest absolute Gasteiger partial charge is 0.322 e. The SMILES string of the molecule is COCCS(=O)(=O)NC12CCC(c3ccc(NC(=O)N4Cc5cc(F)cnc5C4)cc3)(CC1)CC2. The first-order chi connectivity index (χ1) is 16.7. The molecule has 35 heavy (non-hydrogen) atoms. The van der Waals surface area contributed by atoms with E-state index < -0.39 is 15.8 Å². The van der Waals surface area contributed by atoms with Crippen LogP contribution in [0.5, 0.6) is 0 Å². The summed E-state index contributed by atoms with van der Waals surface area (Å²) >= 11 is 0. The standard InChI is InChI=1S/C25H31FN4O4S/c1-34-12-13-35(32,33)29-25-9-6-24(7-10-25,8-11-25)19-2-4-21(5-3-19)28-23(31)30-16-18-14-20(26)15-27-22(18)17-30/h2-5,14-15,29H,6-13,16-17H2,1H3,(H,28,31). The minimum atomic E-state index is -3.36. The van der Waals surface area contributed by atoms with E-state index in [0.29, 0.717) is 18.8 Å². The van der Waals surface area contributed by atoms with Crippen molar-refractivity contribution in [3.8, 4) is 0 Å². The van der Waals surface area contributed by atoms with Crippen LogP contribution in [0.3, 0.4) is 0 Å². The van der Waals surface area contributed by atoms with Gasteiger partial charge >= 0.3 is 6.03 Å². The number of carbonyl (C=O) groups excluding carboxylic acids is 1. The summed E-state index contributed by atoms with van der Waals surface area (Å²) in [7, 11) is -1.85. The third-order valence-corrected chi connectivity index (χ3v) is 9.39. The van der Waals surface area contributed by atoms with Gasteiger partial charge in [-0.15, -0.1) is 0 Å². The van der Waals surface area contributed by atoms with E-state index in [9.17, 15) is 17.6 Å². The fraction of sp³-hybridized carbons (Fsp3) is 0.520. The van der Waals surface area contributed by atoms with Crippen LogP contribution in [0.4, 0.5) is 14.9 Å². The Bertz CT molecular complexity index is 1190. The van der Waals surface area contributed by atoms with Gasteiger partial charge in [0, 0.05) is 24.9 Å². The van der Waals surface area contributed by atoms with E-state index in [4.69, 9.17) is 4.74 Å². The predicted octanol–water partition coefficient (Wildman–Crippen LogP) is 3.68. The van der Waals surface area contributed by atoms with Crippen LogP contribution >= 0.6 is 0 Å². The molecule has 2 N–H and O–H groups in total. The molecule has 3 saturated carbocycles. The molecule has 2 aromatic rings. The van der Waals surface area contributed by atoms with E-state index in [0.717, 1.165) is 49.8 Å². The Morgan fingerprint density at radius 2 is 1.80 bits per heavy atom. The number of nitrogens with one attached hydrogen (secondary N) is 2. The molecule has 8 nitrogen and oxygen atoms in total. The molecule has 0 unspecified atom stereocenters. The number of benzene rings is 1. The number of pyridine rings is 1. The lowest BCUT2D eigenvalue weighted by molar-refractivity contribution is 0.0944. The van der Waals surface area contributed by atoms with E-state index >= 15 is 0 Å². The number of amides is 2. The lowest BCUT2D eigenvalue weighted by atomic mass is 9.55. The van der Waals surface area contributed by atoms with Crippen LogP contribution in [0.15, 0.2) is 36.5 Å². The molecule has 0 saturated heterocycles. The maximum atomic E-state index is 13.4. The zero-order valence-corrected chi connectivity index (χ0v) is 20.7. The number of methoxy groups -OCH3 is 1. The van der Waals surface area contributed by atoms with Gasteiger partial charge in [0.05, 0.1) is 30.8 Å². The van der Waals surface area contributed by atoms with Crippen molar-refractivity contribution in [2.45, 2.75) is 62.6 Å². The van der Waals surface area contributed by atoms with Gasteiger partial charge in [0.2, 0.25) is 10.0 Å². The molecule has 0 spiro atoms. The molecule has 2 bridgehead atoms. The molecule has 3 fully saturated rings. The van der Waals surface area contributed by atoms with Crippen LogP contribution < -0.4 is 10.0 Å². The van der Waals surface area contributed by atoms with Gasteiger partial charge in [0.25, 0.3) is 0 Å². The summed E-state index contributed by atoms with van der Waals surface area (Å²) < 4.78 is 46.2. The molecule has 1 aliphatic heterocycles. The van der Waals surface area contributed by atoms with Crippen LogP contribution in [0.1, 0.15) is 55.3 Å². The van der Waals surface area contributed by atoms with Crippen molar-refractivity contribution < 1.29 is 22.3 Å². The van der Waals surface area contributed by atoms with Crippen molar-refractivity contribution in [1.82, 2.24) is 14.6 Å². The number of hydrogen-bond donors (Lipinski definition) is 2. The molecular formula is C25H31FN4O4S. The largest absolute Gasteiger partial charge is 0.384 e. The molecular weight excluding hydrogens is 471 g/mol. The van der Waals surface area contributed by atoms with Crippen LogP contribution in [0, 0.1) is 5.82 Å². The summed E-state index contributed by atoms with van der Waals surface area (Å²) in [4.78, 5) is 18.4. The van der Waals surface area contributed by atoms with E-state index in [1.807, 2.05) is 12.1 Å². The summed E-state index contributed by atoms with van der Waals surface area (Å²) in [5, 5.41) is 2.93. The summed E-state index contributed by atoms with van der Waals surface area (Å²) in [6.07, 6.45) is 6.43. The number of fused-ring (bicyclic) bond motifs is 4. The number of carbonyl (C=O) groups is 1. The molecule has 1 aromatic heterocycles. The van der Waals surface area contributed by atoms with Gasteiger partial charge in [-0.25, -0.2) is 22.3 Å². The van der Waals surface area contributed by atoms with Crippen LogP contribution in [-0.4, -0.2) is 49.3 Å². The zero-order chi connectivity index (χ0) is 24.7. The first kappa shape index (κ1) is 24.1. The van der Waals surface area contributed by atoms with Gasteiger partial charge in [0.1, 0.15) is 5.82 Å². The Morgan fingerprint density at radius 3 is 2.46 bits per heavy atom. The number of nitrogens with zero attached hydrogens (tertiary/aromatic N) is 2. The molecule has 188 valence electrons. The molecule has 2 amide bonds. The van der Waals surface area contributed by atoms with Crippen molar-refractivity contribution >= 4 is 21.7 Å². The highest BCUT2D eigenvalue weighted by Crippen LogP contribution is 2.53. The highest BCUT2D eigenvalue weighted by molar-refractivity contribution is 7.89. The van der Waals surface area contributed by atoms with Crippen molar-refractivity contribution in [3.63, 3.8) is 0 Å². The number of rotatable bonds is 7. The van der Waals surface area contributed by atoms with Crippen molar-refractivity contribution in [1.29, 1.82) is 0 Å². The second kappa shape index (κ2) is 9.15. The van der Waals surface area contributed by atoms with Crippen LogP contribution in [-0.2, 0) is 33.3 Å². The zero-order valence-electron chi connectivity index (χ0n) is 19.8. The fourth-order valence-corrected chi connectivity index (χ4v) is 7.28. The van der Waals surface area contributed by atoms with E-state index in [-0.39, 0.29) is 29.3 Å². The highest BCUT2D eigenvalue weighted by atomic mass is 32.2. The highest BCUT2D eigenvalue weighted by Gasteiger charge is 2.50. The lowest BCUT2D eigenvalue weighted by Crippen LogP contribution is -2.58. The average Bonchev–Trinajstić information content (AvgIpc) is 3.27. The quantitative estimate of drug-likeness (QED) is 0.602.